The van der Waals surface area contributed by atoms with Crippen molar-refractivity contribution in [2.75, 3.05) is 0 Å². The van der Waals surface area contributed by atoms with Crippen molar-refractivity contribution in [1.29, 1.82) is 0 Å². The largest absolute Gasteiger partial charge is 0.368 e. The summed E-state index contributed by atoms with van der Waals surface area (Å²) in [5.74, 6) is -0.401. The minimum Gasteiger partial charge on any atom is -0.368 e. The Morgan fingerprint density at radius 3 is 2.57 bits per heavy atom. The van der Waals surface area contributed by atoms with Crippen molar-refractivity contribution in [3.63, 3.8) is 0 Å². The third-order valence-corrected chi connectivity index (χ3v) is 2.09. The molecular formula is C11H10N2O. The van der Waals surface area contributed by atoms with E-state index in [0.29, 0.717) is 5.56 Å². The molecule has 70 valence electrons. The van der Waals surface area contributed by atoms with Gasteiger partial charge in [0.15, 0.2) is 0 Å². The number of amides is 1. The van der Waals surface area contributed by atoms with Gasteiger partial charge in [0.05, 0.1) is 0 Å². The fraction of sp³-hybridized carbons (Fsp3) is 0. The lowest BCUT2D eigenvalue weighted by atomic mass is 10.0. The molecule has 1 amide bonds. The summed E-state index contributed by atoms with van der Waals surface area (Å²) in [7, 11) is 0. The molecule has 1 aliphatic rings. The number of hydrogen-bond donors (Lipinski definition) is 2. The van der Waals surface area contributed by atoms with Crippen LogP contribution in [0.1, 0.15) is 21.5 Å². The molecule has 0 bridgehead atoms. The van der Waals surface area contributed by atoms with Gasteiger partial charge in [0.1, 0.15) is 0 Å². The molecule has 1 heterocycles. The van der Waals surface area contributed by atoms with Crippen LogP contribution >= 0.6 is 0 Å². The number of carbonyl (C=O) groups excluding carboxylic acids is 1. The maximum atomic E-state index is 10.9. The van der Waals surface area contributed by atoms with Crippen molar-refractivity contribution in [2.45, 2.75) is 0 Å². The van der Waals surface area contributed by atoms with Gasteiger partial charge in [0, 0.05) is 18.0 Å². The number of rotatable bonds is 1. The topological polar surface area (TPSA) is 55.1 Å². The molecule has 0 saturated heterocycles. The van der Waals surface area contributed by atoms with Crippen LogP contribution in [0.15, 0.2) is 30.6 Å². The number of benzene rings is 1. The van der Waals surface area contributed by atoms with Gasteiger partial charge in [-0.3, -0.25) is 4.79 Å². The van der Waals surface area contributed by atoms with Crippen molar-refractivity contribution < 1.29 is 4.79 Å². The molecule has 0 radical (unpaired) electrons. The average Bonchev–Trinajstić information content (AvgIpc) is 2.41. The Bertz CT molecular complexity index is 433. The normalized spacial score (nSPS) is 12.9. The molecule has 1 aliphatic heterocycles. The molecule has 3 heteroatoms. The monoisotopic (exact) mass is 186 g/mol. The number of hydrogen-bond acceptors (Lipinski definition) is 2. The molecular weight excluding hydrogens is 176 g/mol. The van der Waals surface area contributed by atoms with Crippen molar-refractivity contribution in [3.05, 3.63) is 47.3 Å². The SMILES string of the molecule is NC(=O)c1ccc2c(c1)C=CNC=C2. The first-order chi connectivity index (χ1) is 6.77. The Hall–Kier alpha value is -2.03. The van der Waals surface area contributed by atoms with E-state index < -0.39 is 5.91 Å². The molecule has 0 spiro atoms. The van der Waals surface area contributed by atoms with E-state index in [1.807, 2.05) is 30.6 Å². The van der Waals surface area contributed by atoms with Gasteiger partial charge >= 0.3 is 0 Å². The number of primary amides is 1. The van der Waals surface area contributed by atoms with E-state index in [9.17, 15) is 4.79 Å². The zero-order chi connectivity index (χ0) is 9.97. The van der Waals surface area contributed by atoms with E-state index >= 15 is 0 Å². The summed E-state index contributed by atoms with van der Waals surface area (Å²) in [6.07, 6.45) is 7.50. The highest BCUT2D eigenvalue weighted by Crippen LogP contribution is 2.16. The first kappa shape index (κ1) is 8.56. The number of carbonyl (C=O) groups is 1. The van der Waals surface area contributed by atoms with Crippen LogP contribution in [-0.4, -0.2) is 5.91 Å². The molecule has 1 aromatic rings. The minimum atomic E-state index is -0.401. The Balaban J connectivity index is 2.53. The Morgan fingerprint density at radius 1 is 1.14 bits per heavy atom. The number of nitrogens with two attached hydrogens (primary N) is 1. The average molecular weight is 186 g/mol. The van der Waals surface area contributed by atoms with Crippen molar-refractivity contribution >= 4 is 18.1 Å². The first-order valence-corrected chi connectivity index (χ1v) is 4.30. The summed E-state index contributed by atoms with van der Waals surface area (Å²) in [6, 6.07) is 5.39. The highest BCUT2D eigenvalue weighted by Gasteiger charge is 2.04. The molecule has 0 aromatic heterocycles. The second-order valence-electron chi connectivity index (χ2n) is 3.04. The third-order valence-electron chi connectivity index (χ3n) is 2.09. The Kier molecular flexibility index (Phi) is 2.07. The fourth-order valence-corrected chi connectivity index (χ4v) is 1.36. The van der Waals surface area contributed by atoms with Gasteiger partial charge in [-0.25, -0.2) is 0 Å². The smallest absolute Gasteiger partial charge is 0.248 e. The van der Waals surface area contributed by atoms with Gasteiger partial charge in [-0.05, 0) is 35.4 Å². The molecule has 0 atom stereocenters. The van der Waals surface area contributed by atoms with Crippen LogP contribution in [0.2, 0.25) is 0 Å². The molecule has 1 aromatic carbocycles. The van der Waals surface area contributed by atoms with Crippen LogP contribution in [0.3, 0.4) is 0 Å². The molecule has 0 fully saturated rings. The van der Waals surface area contributed by atoms with Crippen LogP contribution in [0.4, 0.5) is 0 Å². The van der Waals surface area contributed by atoms with Gasteiger partial charge in [-0.15, -0.1) is 0 Å². The lowest BCUT2D eigenvalue weighted by Gasteiger charge is -2.01. The summed E-state index contributed by atoms with van der Waals surface area (Å²) in [5.41, 5.74) is 7.77. The molecule has 0 unspecified atom stereocenters. The molecule has 14 heavy (non-hydrogen) atoms. The van der Waals surface area contributed by atoms with Gasteiger partial charge in [-0.2, -0.15) is 0 Å². The van der Waals surface area contributed by atoms with Gasteiger partial charge < -0.3 is 11.1 Å². The van der Waals surface area contributed by atoms with E-state index in [1.165, 1.54) is 0 Å². The van der Waals surface area contributed by atoms with E-state index in [-0.39, 0.29) is 0 Å². The quantitative estimate of drug-likeness (QED) is 0.695. The van der Waals surface area contributed by atoms with E-state index in [1.54, 1.807) is 12.1 Å². The predicted octanol–water partition coefficient (Wildman–Crippen LogP) is 1.33. The van der Waals surface area contributed by atoms with E-state index in [2.05, 4.69) is 5.32 Å². The fourth-order valence-electron chi connectivity index (χ4n) is 1.36. The lowest BCUT2D eigenvalue weighted by molar-refractivity contribution is 0.100. The van der Waals surface area contributed by atoms with Crippen LogP contribution in [0.5, 0.6) is 0 Å². The lowest BCUT2D eigenvalue weighted by Crippen LogP contribution is -2.10. The molecule has 0 aliphatic carbocycles. The Morgan fingerprint density at radius 2 is 1.86 bits per heavy atom. The van der Waals surface area contributed by atoms with Gasteiger partial charge in [0.2, 0.25) is 5.91 Å². The van der Waals surface area contributed by atoms with Crippen molar-refractivity contribution in [1.82, 2.24) is 5.32 Å². The maximum absolute atomic E-state index is 10.9. The molecule has 0 saturated carbocycles. The second kappa shape index (κ2) is 3.38. The van der Waals surface area contributed by atoms with Crippen molar-refractivity contribution in [3.8, 4) is 0 Å². The highest BCUT2D eigenvalue weighted by molar-refractivity contribution is 5.94. The summed E-state index contributed by atoms with van der Waals surface area (Å²) < 4.78 is 0. The van der Waals surface area contributed by atoms with Gasteiger partial charge in [0.25, 0.3) is 0 Å². The highest BCUT2D eigenvalue weighted by atomic mass is 16.1. The van der Waals surface area contributed by atoms with Gasteiger partial charge in [-0.1, -0.05) is 6.07 Å². The van der Waals surface area contributed by atoms with Crippen molar-refractivity contribution in [2.24, 2.45) is 5.73 Å². The molecule has 3 N–H and O–H groups in total. The molecule has 2 rings (SSSR count). The van der Waals surface area contributed by atoms with E-state index in [0.717, 1.165) is 11.1 Å². The maximum Gasteiger partial charge on any atom is 0.248 e. The summed E-state index contributed by atoms with van der Waals surface area (Å²) in [4.78, 5) is 10.9. The summed E-state index contributed by atoms with van der Waals surface area (Å²) >= 11 is 0. The van der Waals surface area contributed by atoms with Crippen LogP contribution in [0, 0.1) is 0 Å². The van der Waals surface area contributed by atoms with Crippen LogP contribution in [-0.2, 0) is 0 Å². The second-order valence-corrected chi connectivity index (χ2v) is 3.04. The van der Waals surface area contributed by atoms with E-state index in [4.69, 9.17) is 5.73 Å². The predicted molar refractivity (Wildman–Crippen MR) is 56.2 cm³/mol. The first-order valence-electron chi connectivity index (χ1n) is 4.30. The minimum absolute atomic E-state index is 0.401. The zero-order valence-electron chi connectivity index (χ0n) is 7.53. The molecule has 3 nitrogen and oxygen atoms in total. The van der Waals surface area contributed by atoms with Crippen LogP contribution in [0.25, 0.3) is 12.2 Å². The number of nitrogens with one attached hydrogen (secondary N) is 1. The Labute approximate surface area is 81.9 Å². The summed E-state index contributed by atoms with van der Waals surface area (Å²) in [5, 5.41) is 2.97. The standard InChI is InChI=1S/C11H10N2O/c12-11(14)10-2-1-8-3-5-13-6-4-9(8)7-10/h1-7,13H,(H2,12,14). The summed E-state index contributed by atoms with van der Waals surface area (Å²) in [6.45, 7) is 0. The third kappa shape index (κ3) is 1.52. The number of fused-ring (bicyclic) bond motifs is 1. The van der Waals surface area contributed by atoms with Crippen LogP contribution < -0.4 is 11.1 Å². The zero-order valence-corrected chi connectivity index (χ0v) is 7.53.